The van der Waals surface area contributed by atoms with Crippen molar-refractivity contribution in [1.29, 1.82) is 5.26 Å². The van der Waals surface area contributed by atoms with Crippen LogP contribution in [0.25, 0.3) is 10.6 Å². The fourth-order valence-corrected chi connectivity index (χ4v) is 3.44. The molecule has 3 aromatic heterocycles. The van der Waals surface area contributed by atoms with E-state index >= 15 is 0 Å². The number of imidazole rings is 1. The molecule has 146 valence electrons. The van der Waals surface area contributed by atoms with Crippen molar-refractivity contribution < 1.29 is 0 Å². The van der Waals surface area contributed by atoms with E-state index in [1.165, 1.54) is 21.7 Å². The third-order valence-corrected chi connectivity index (χ3v) is 5.18. The molecule has 3 heterocycles. The highest BCUT2D eigenvalue weighted by Crippen LogP contribution is 2.22. The second kappa shape index (κ2) is 11.4. The molecule has 0 bridgehead atoms. The summed E-state index contributed by atoms with van der Waals surface area (Å²) in [6.45, 7) is 4.76. The topological polar surface area (TPSA) is 54.5 Å². The maximum atomic E-state index is 8.83. The molecular formula is C24H24N4S. The quantitative estimate of drug-likeness (QED) is 0.301. The highest BCUT2D eigenvalue weighted by atomic mass is 32.1. The van der Waals surface area contributed by atoms with Gasteiger partial charge in [0.1, 0.15) is 0 Å². The average Bonchev–Trinajstić information content (AvgIpc) is 3.45. The van der Waals surface area contributed by atoms with Gasteiger partial charge in [-0.1, -0.05) is 23.8 Å². The molecule has 0 amide bonds. The van der Waals surface area contributed by atoms with E-state index in [0.29, 0.717) is 5.57 Å². The maximum Gasteiger partial charge on any atom is 0.0948 e. The minimum absolute atomic E-state index is 0.710. The number of nitrogens with zero attached hydrogens (tertiary/aromatic N) is 4. The summed E-state index contributed by atoms with van der Waals surface area (Å²) in [6, 6.07) is 10.5. The lowest BCUT2D eigenvalue weighted by atomic mass is 10.1. The number of thiophene rings is 1. The van der Waals surface area contributed by atoms with Crippen LogP contribution in [0.4, 0.5) is 0 Å². The molecule has 0 saturated heterocycles. The van der Waals surface area contributed by atoms with Crippen LogP contribution < -0.4 is 0 Å². The van der Waals surface area contributed by atoms with Crippen LogP contribution in [0.15, 0.2) is 71.7 Å². The maximum absolute atomic E-state index is 8.83. The summed E-state index contributed by atoms with van der Waals surface area (Å²) in [6.07, 6.45) is 19.4. The van der Waals surface area contributed by atoms with Crippen LogP contribution in [0.3, 0.4) is 0 Å². The molecule has 0 aliphatic heterocycles. The van der Waals surface area contributed by atoms with E-state index in [4.69, 9.17) is 5.26 Å². The van der Waals surface area contributed by atoms with Crippen molar-refractivity contribution in [2.24, 2.45) is 0 Å². The molecule has 0 aromatic carbocycles. The van der Waals surface area contributed by atoms with Crippen molar-refractivity contribution in [1.82, 2.24) is 14.5 Å². The summed E-state index contributed by atoms with van der Waals surface area (Å²) in [7, 11) is 0. The van der Waals surface area contributed by atoms with E-state index < -0.39 is 0 Å². The third-order valence-electron chi connectivity index (χ3n) is 4.29. The van der Waals surface area contributed by atoms with Crippen LogP contribution in [0, 0.1) is 24.2 Å². The number of nitriles is 1. The monoisotopic (exact) mass is 400 g/mol. The first-order chi connectivity index (χ1) is 14.2. The number of allylic oxidation sites excluding steroid dienone is 4. The number of hydrogen-bond donors (Lipinski definition) is 0. The summed E-state index contributed by atoms with van der Waals surface area (Å²) in [5.74, 6) is 0. The van der Waals surface area contributed by atoms with Crippen molar-refractivity contribution in [3.8, 4) is 29.5 Å². The second-order valence-corrected chi connectivity index (χ2v) is 7.46. The molecule has 0 N–H and O–H groups in total. The summed E-state index contributed by atoms with van der Waals surface area (Å²) in [5.41, 5.74) is 5.33. The minimum atomic E-state index is 0.710. The Balaban J connectivity index is 0.00000145. The standard InChI is InChI=1S/C22H22N4S.C2H2/c1-17(5-6-18(2)13-23)12-20-15-24-16-26(20)10-9-19-7-8-21(25-14-19)22-4-3-11-27-22;1-2/h3-8,11,14-16H,9-10,12H2,1-2H3;1-2H/b17-5+,18-6+;. The Kier molecular flexibility index (Phi) is 8.63. The molecule has 0 fully saturated rings. The highest BCUT2D eigenvalue weighted by Gasteiger charge is 2.05. The second-order valence-electron chi connectivity index (χ2n) is 6.51. The van der Waals surface area contributed by atoms with Crippen LogP contribution in [-0.4, -0.2) is 14.5 Å². The first kappa shape index (κ1) is 21.9. The van der Waals surface area contributed by atoms with Gasteiger partial charge in [0.2, 0.25) is 0 Å². The Bertz CT molecular complexity index is 1010. The van der Waals surface area contributed by atoms with Crippen molar-refractivity contribution in [2.75, 3.05) is 0 Å². The lowest BCUT2D eigenvalue weighted by Gasteiger charge is -2.09. The van der Waals surface area contributed by atoms with Crippen LogP contribution in [0.5, 0.6) is 0 Å². The van der Waals surface area contributed by atoms with Crippen LogP contribution >= 0.6 is 11.3 Å². The van der Waals surface area contributed by atoms with Crippen molar-refractivity contribution >= 4 is 11.3 Å². The molecule has 29 heavy (non-hydrogen) atoms. The molecule has 5 heteroatoms. The highest BCUT2D eigenvalue weighted by molar-refractivity contribution is 7.13. The van der Waals surface area contributed by atoms with E-state index in [2.05, 4.69) is 64.0 Å². The number of terminal acetylenes is 1. The van der Waals surface area contributed by atoms with Crippen LogP contribution in [0.1, 0.15) is 25.1 Å². The van der Waals surface area contributed by atoms with Gasteiger partial charge in [-0.25, -0.2) is 4.98 Å². The molecule has 0 unspecified atom stereocenters. The zero-order valence-corrected chi connectivity index (χ0v) is 17.6. The fraction of sp³-hybridized carbons (Fsp3) is 0.208. The van der Waals surface area contributed by atoms with Gasteiger partial charge in [0.25, 0.3) is 0 Å². The largest absolute Gasteiger partial charge is 0.334 e. The van der Waals surface area contributed by atoms with Gasteiger partial charge in [-0.15, -0.1) is 24.2 Å². The lowest BCUT2D eigenvalue weighted by molar-refractivity contribution is 0.665. The molecule has 0 spiro atoms. The Hall–Kier alpha value is -3.41. The van der Waals surface area contributed by atoms with E-state index in [1.54, 1.807) is 11.3 Å². The van der Waals surface area contributed by atoms with Gasteiger partial charge in [0, 0.05) is 36.6 Å². The zero-order valence-electron chi connectivity index (χ0n) is 16.7. The number of aromatic nitrogens is 3. The Morgan fingerprint density at radius 1 is 1.21 bits per heavy atom. The number of aryl methyl sites for hydroxylation is 2. The van der Waals surface area contributed by atoms with Gasteiger partial charge < -0.3 is 4.57 Å². The van der Waals surface area contributed by atoms with Gasteiger partial charge in [-0.2, -0.15) is 5.26 Å². The molecule has 0 saturated carbocycles. The first-order valence-electron chi connectivity index (χ1n) is 9.21. The molecular weight excluding hydrogens is 376 g/mol. The molecule has 0 aliphatic carbocycles. The molecule has 3 aromatic rings. The van der Waals surface area contributed by atoms with E-state index in [-0.39, 0.29) is 0 Å². The lowest BCUT2D eigenvalue weighted by Crippen LogP contribution is -2.05. The van der Waals surface area contributed by atoms with Gasteiger partial charge in [-0.05, 0) is 49.4 Å². The molecule has 0 atom stereocenters. The Morgan fingerprint density at radius 3 is 2.69 bits per heavy atom. The van der Waals surface area contributed by atoms with Gasteiger partial charge in [0.15, 0.2) is 0 Å². The molecule has 0 radical (unpaired) electrons. The fourth-order valence-electron chi connectivity index (χ4n) is 2.74. The third kappa shape index (κ3) is 6.60. The summed E-state index contributed by atoms with van der Waals surface area (Å²) >= 11 is 1.71. The van der Waals surface area contributed by atoms with Crippen molar-refractivity contribution in [2.45, 2.75) is 33.2 Å². The van der Waals surface area contributed by atoms with Crippen molar-refractivity contribution in [3.63, 3.8) is 0 Å². The number of hydrogen-bond acceptors (Lipinski definition) is 4. The summed E-state index contributed by atoms with van der Waals surface area (Å²) < 4.78 is 2.19. The summed E-state index contributed by atoms with van der Waals surface area (Å²) in [5, 5.41) is 10.9. The first-order valence-corrected chi connectivity index (χ1v) is 10.1. The Labute approximate surface area is 176 Å². The van der Waals surface area contributed by atoms with Gasteiger partial charge in [-0.3, -0.25) is 4.98 Å². The predicted molar refractivity (Wildman–Crippen MR) is 120 cm³/mol. The predicted octanol–water partition coefficient (Wildman–Crippen LogP) is 5.46. The van der Waals surface area contributed by atoms with Gasteiger partial charge in [0.05, 0.1) is 23.0 Å². The van der Waals surface area contributed by atoms with E-state index in [9.17, 15) is 0 Å². The molecule has 4 nitrogen and oxygen atoms in total. The number of pyridine rings is 1. The number of rotatable bonds is 7. The van der Waals surface area contributed by atoms with Crippen LogP contribution in [0.2, 0.25) is 0 Å². The normalized spacial score (nSPS) is 11.4. The van der Waals surface area contributed by atoms with E-state index in [1.807, 2.05) is 43.9 Å². The minimum Gasteiger partial charge on any atom is -0.334 e. The smallest absolute Gasteiger partial charge is 0.0948 e. The van der Waals surface area contributed by atoms with E-state index in [0.717, 1.165) is 25.1 Å². The molecule has 0 aliphatic rings. The average molecular weight is 401 g/mol. The van der Waals surface area contributed by atoms with Gasteiger partial charge >= 0.3 is 0 Å². The summed E-state index contributed by atoms with van der Waals surface area (Å²) in [4.78, 5) is 10.1. The van der Waals surface area contributed by atoms with Crippen molar-refractivity contribution in [3.05, 3.63) is 82.9 Å². The molecule has 3 rings (SSSR count). The Morgan fingerprint density at radius 2 is 2.03 bits per heavy atom. The SMILES string of the molecule is C#C.C/C(C#N)=C\C=C(/C)Cc1cncn1CCc1ccc(-c2cccs2)nc1. The van der Waals surface area contributed by atoms with Crippen LogP contribution in [-0.2, 0) is 19.4 Å². The zero-order chi connectivity index (χ0) is 21.1.